The average Bonchev–Trinajstić information content (AvgIpc) is 3.58. The summed E-state index contributed by atoms with van der Waals surface area (Å²) < 4.78 is 66.6. The first-order chi connectivity index (χ1) is 20.5. The summed E-state index contributed by atoms with van der Waals surface area (Å²) in [4.78, 5) is 48.6. The zero-order chi connectivity index (χ0) is 32.4. The van der Waals surface area contributed by atoms with Crippen LogP contribution in [0.5, 0.6) is 0 Å². The Balaban J connectivity index is 1.51. The summed E-state index contributed by atoms with van der Waals surface area (Å²) in [5, 5.41) is 2.68. The van der Waals surface area contributed by atoms with E-state index in [-0.39, 0.29) is 53.8 Å². The predicted molar refractivity (Wildman–Crippen MR) is 158 cm³/mol. The molecule has 4 rings (SSSR count). The quantitative estimate of drug-likeness (QED) is 0.168. The van der Waals surface area contributed by atoms with Gasteiger partial charge >= 0.3 is 12.1 Å². The third-order valence-electron chi connectivity index (χ3n) is 5.43. The van der Waals surface area contributed by atoms with Crippen LogP contribution in [0.25, 0.3) is 10.4 Å². The number of alkyl halides is 3. The van der Waals surface area contributed by atoms with Gasteiger partial charge in [-0.1, -0.05) is 34.5 Å². The molecule has 19 heteroatoms. The first-order valence-electron chi connectivity index (χ1n) is 11.9. The minimum Gasteiger partial charge on any atom is -0.347 e. The van der Waals surface area contributed by atoms with E-state index in [1.54, 1.807) is 24.3 Å². The Hall–Kier alpha value is -3.77. The molecule has 0 atom stereocenters. The largest absolute Gasteiger partial charge is 0.493 e. The van der Waals surface area contributed by atoms with Crippen LogP contribution in [0, 0.1) is 6.92 Å². The Morgan fingerprint density at radius 2 is 1.75 bits per heavy atom. The molecule has 2 N–H and O–H groups in total. The highest BCUT2D eigenvalue weighted by Gasteiger charge is 2.44. The molecule has 0 bridgehead atoms. The van der Waals surface area contributed by atoms with E-state index < -0.39 is 28.1 Å². The number of nitrogens with zero attached hydrogens (tertiary/aromatic N) is 3. The number of anilines is 2. The summed E-state index contributed by atoms with van der Waals surface area (Å²) in [5.41, 5.74) is 0.704. The van der Waals surface area contributed by atoms with E-state index in [2.05, 4.69) is 24.8 Å². The Bertz CT molecular complexity index is 1850. The number of nitrogens with one attached hydrogen (secondary N) is 2. The van der Waals surface area contributed by atoms with Crippen molar-refractivity contribution in [2.75, 3.05) is 9.79 Å². The molecule has 3 aromatic heterocycles. The predicted octanol–water partition coefficient (Wildman–Crippen LogP) is 5.99. The van der Waals surface area contributed by atoms with Gasteiger partial charge in [-0.25, -0.2) is 23.2 Å². The normalized spacial score (nSPS) is 11.6. The molecular weight excluding hydrogens is 690 g/mol. The number of aryl methyl sites for hydroxylation is 1. The van der Waals surface area contributed by atoms with Gasteiger partial charge in [-0.3, -0.25) is 14.3 Å². The summed E-state index contributed by atoms with van der Waals surface area (Å²) in [6.07, 6.45) is -4.10. The van der Waals surface area contributed by atoms with Crippen molar-refractivity contribution in [2.45, 2.75) is 30.8 Å². The van der Waals surface area contributed by atoms with Crippen LogP contribution in [0.1, 0.15) is 27.9 Å². The number of hydrogen-bond donors (Lipinski definition) is 2. The highest BCUT2D eigenvalue weighted by molar-refractivity contribution is 7.94. The number of hydrogen-bond acceptors (Lipinski definition) is 10. The van der Waals surface area contributed by atoms with Crippen LogP contribution < -0.4 is 15.1 Å². The molecule has 1 aromatic carbocycles. The molecule has 0 saturated carbocycles. The van der Waals surface area contributed by atoms with Crippen LogP contribution in [0.4, 0.5) is 24.0 Å². The first-order valence-corrected chi connectivity index (χ1v) is 15.8. The van der Waals surface area contributed by atoms with Gasteiger partial charge in [0.15, 0.2) is 5.15 Å². The van der Waals surface area contributed by atoms with Crippen molar-refractivity contribution >= 4 is 84.5 Å². The fourth-order valence-corrected chi connectivity index (χ4v) is 7.14. The molecule has 0 aliphatic rings. The third kappa shape index (κ3) is 7.84. The molecule has 4 aromatic rings. The second kappa shape index (κ2) is 13.1. The van der Waals surface area contributed by atoms with Crippen LogP contribution in [-0.4, -0.2) is 42.3 Å². The lowest BCUT2D eigenvalue weighted by Crippen LogP contribution is -2.37. The number of benzene rings is 1. The van der Waals surface area contributed by atoms with Crippen molar-refractivity contribution in [1.82, 2.24) is 15.3 Å². The molecule has 0 fully saturated rings. The molecule has 0 unspecified atom stereocenters. The van der Waals surface area contributed by atoms with E-state index >= 15 is 0 Å². The van der Waals surface area contributed by atoms with E-state index in [9.17, 15) is 36.0 Å². The summed E-state index contributed by atoms with van der Waals surface area (Å²) in [6, 6.07) is 10.4. The van der Waals surface area contributed by atoms with E-state index in [0.29, 0.717) is 26.8 Å². The lowest BCUT2D eigenvalue weighted by Gasteiger charge is -2.16. The van der Waals surface area contributed by atoms with Crippen LogP contribution in [0.3, 0.4) is 0 Å². The van der Waals surface area contributed by atoms with Gasteiger partial charge < -0.3 is 10.2 Å². The van der Waals surface area contributed by atoms with Gasteiger partial charge in [-0.05, 0) is 49.4 Å². The zero-order valence-corrected chi connectivity index (χ0v) is 26.2. The number of rotatable bonds is 8. The molecule has 3 heterocycles. The number of thiazole rings is 1. The Kier molecular flexibility index (Phi) is 9.84. The van der Waals surface area contributed by atoms with Gasteiger partial charge in [0, 0.05) is 34.1 Å². The zero-order valence-electron chi connectivity index (χ0n) is 22.2. The van der Waals surface area contributed by atoms with Crippen LogP contribution in [0.15, 0.2) is 52.9 Å². The maximum absolute atomic E-state index is 13.1. The van der Waals surface area contributed by atoms with Crippen LogP contribution in [-0.2, 0) is 31.0 Å². The summed E-state index contributed by atoms with van der Waals surface area (Å²) in [5.74, 6) is -4.04. The Labute approximate surface area is 265 Å². The van der Waals surface area contributed by atoms with Gasteiger partial charge in [-0.15, -0.1) is 16.4 Å². The van der Waals surface area contributed by atoms with Crippen molar-refractivity contribution in [3.63, 3.8) is 0 Å². The number of sulfonamides is 1. The fourth-order valence-electron chi connectivity index (χ4n) is 3.42. The van der Waals surface area contributed by atoms with Crippen molar-refractivity contribution in [1.29, 1.82) is 0 Å². The minimum atomic E-state index is -5.36. The molecule has 44 heavy (non-hydrogen) atoms. The molecule has 0 radical (unpaired) electrons. The number of pyridine rings is 1. The molecule has 11 nitrogen and oxygen atoms in total. The number of amides is 2. The van der Waals surface area contributed by atoms with Gasteiger partial charge in [0.1, 0.15) is 4.21 Å². The molecule has 0 saturated heterocycles. The molecule has 0 aliphatic heterocycles. The van der Waals surface area contributed by atoms with Gasteiger partial charge in [-0.2, -0.15) is 13.2 Å². The number of hydroxylamine groups is 1. The second-order valence-electron chi connectivity index (χ2n) is 8.68. The fraction of sp³-hybridized carbons (Fsp3) is 0.160. The Morgan fingerprint density at radius 3 is 2.39 bits per heavy atom. The van der Waals surface area contributed by atoms with Crippen LogP contribution in [0.2, 0.25) is 10.2 Å². The highest BCUT2D eigenvalue weighted by Crippen LogP contribution is 2.38. The van der Waals surface area contributed by atoms with E-state index in [1.165, 1.54) is 31.3 Å². The number of carbonyl (C=O) groups is 3. The third-order valence-corrected chi connectivity index (χ3v) is 10.1. The lowest BCUT2D eigenvalue weighted by molar-refractivity contribution is -0.201. The highest BCUT2D eigenvalue weighted by atomic mass is 35.5. The summed E-state index contributed by atoms with van der Waals surface area (Å²) in [7, 11) is -4.18. The number of aromatic nitrogens is 2. The summed E-state index contributed by atoms with van der Waals surface area (Å²) in [6.45, 7) is 2.40. The molecule has 232 valence electrons. The van der Waals surface area contributed by atoms with Crippen molar-refractivity contribution in [3.8, 4) is 10.4 Å². The SMILES string of the molecule is CC(=O)N(OC(=O)C(F)(F)F)c1nc(C)c(-c2cnc(Cl)c(NS(=O)(=O)c3ccc(CNC(=O)c4ccc(Cl)cc4)s3)c2)s1. The monoisotopic (exact) mass is 707 g/mol. The van der Waals surface area contributed by atoms with Crippen molar-refractivity contribution in [3.05, 3.63) is 75.0 Å². The van der Waals surface area contributed by atoms with E-state index in [1.807, 2.05) is 0 Å². The molecular formula is C25H18Cl2F3N5O6S3. The standard InChI is InChI=1S/C25H18Cl2F3N5O6S3/c1-12-20(43-24(33-12)35(13(2)36)41-23(38)25(28,29)30)15-9-18(21(27)31-10-15)34-44(39,40)19-8-7-17(42-19)11-32-22(37)14-3-5-16(26)6-4-14/h3-10,34H,11H2,1-2H3,(H,32,37). The van der Waals surface area contributed by atoms with Gasteiger partial charge in [0.25, 0.3) is 21.8 Å². The maximum Gasteiger partial charge on any atom is 0.493 e. The van der Waals surface area contributed by atoms with E-state index in [0.717, 1.165) is 18.3 Å². The maximum atomic E-state index is 13.1. The molecule has 0 aliphatic carbocycles. The topological polar surface area (TPSA) is 148 Å². The lowest BCUT2D eigenvalue weighted by atomic mass is 10.2. The van der Waals surface area contributed by atoms with Crippen molar-refractivity contribution < 1.29 is 40.8 Å². The Morgan fingerprint density at radius 1 is 1.07 bits per heavy atom. The average molecular weight is 709 g/mol. The first kappa shape index (κ1) is 33.1. The second-order valence-corrected chi connectivity index (χ2v) is 13.5. The van der Waals surface area contributed by atoms with Gasteiger partial charge in [0.05, 0.1) is 22.8 Å². The van der Waals surface area contributed by atoms with Gasteiger partial charge in [0.2, 0.25) is 5.13 Å². The number of halogens is 5. The smallest absolute Gasteiger partial charge is 0.347 e. The number of thiophene rings is 1. The minimum absolute atomic E-state index is 0.0575. The summed E-state index contributed by atoms with van der Waals surface area (Å²) >= 11 is 13.6. The molecule has 0 spiro atoms. The number of carbonyl (C=O) groups excluding carboxylic acids is 3. The molecule has 2 amide bonds. The van der Waals surface area contributed by atoms with Crippen LogP contribution >= 0.6 is 45.9 Å². The van der Waals surface area contributed by atoms with Crippen molar-refractivity contribution in [2.24, 2.45) is 0 Å². The van der Waals surface area contributed by atoms with E-state index in [4.69, 9.17) is 23.2 Å².